The number of nitrogen functional groups attached to an aromatic ring is 1. The van der Waals surface area contributed by atoms with E-state index in [0.717, 1.165) is 17.4 Å². The van der Waals surface area contributed by atoms with Crippen LogP contribution in [-0.2, 0) is 5.75 Å². The van der Waals surface area contributed by atoms with Crippen LogP contribution < -0.4 is 5.73 Å². The highest BCUT2D eigenvalue weighted by atomic mass is 32.2. The average molecular weight is 266 g/mol. The van der Waals surface area contributed by atoms with Gasteiger partial charge in [-0.25, -0.2) is 4.98 Å². The van der Waals surface area contributed by atoms with E-state index in [4.69, 9.17) is 5.73 Å². The van der Waals surface area contributed by atoms with E-state index in [1.54, 1.807) is 0 Å². The van der Waals surface area contributed by atoms with Gasteiger partial charge in [0.25, 0.3) is 0 Å². The van der Waals surface area contributed by atoms with E-state index in [0.29, 0.717) is 11.9 Å². The molecule has 0 unspecified atom stereocenters. The zero-order valence-electron chi connectivity index (χ0n) is 11.4. The summed E-state index contributed by atoms with van der Waals surface area (Å²) in [6, 6.07) is 0. The Hall–Kier alpha value is -0.840. The van der Waals surface area contributed by atoms with Crippen molar-refractivity contribution in [3.63, 3.8) is 0 Å². The van der Waals surface area contributed by atoms with Crippen LogP contribution in [0.3, 0.4) is 0 Å². The lowest BCUT2D eigenvalue weighted by Crippen LogP contribution is -2.12. The molecule has 0 aliphatic heterocycles. The van der Waals surface area contributed by atoms with Gasteiger partial charge in [0.15, 0.2) is 0 Å². The van der Waals surface area contributed by atoms with Crippen LogP contribution in [0.4, 0.5) is 5.95 Å². The number of nitrogens with two attached hydrogens (primary N) is 1. The summed E-state index contributed by atoms with van der Waals surface area (Å²) < 4.78 is 0.217. The van der Waals surface area contributed by atoms with Crippen molar-refractivity contribution in [2.45, 2.75) is 62.9 Å². The van der Waals surface area contributed by atoms with Gasteiger partial charge in [-0.15, -0.1) is 11.8 Å². The first-order valence-electron chi connectivity index (χ1n) is 6.58. The molecule has 0 spiro atoms. The Balaban J connectivity index is 2.10. The van der Waals surface area contributed by atoms with Crippen molar-refractivity contribution >= 4 is 17.7 Å². The fraction of sp³-hybridized carbons (Fsp3) is 0.769. The van der Waals surface area contributed by atoms with Gasteiger partial charge in [-0.1, -0.05) is 33.6 Å². The molecule has 1 aliphatic carbocycles. The third kappa shape index (κ3) is 3.83. The summed E-state index contributed by atoms with van der Waals surface area (Å²) in [5.74, 6) is 3.40. The minimum absolute atomic E-state index is 0.217. The maximum atomic E-state index is 5.79. The summed E-state index contributed by atoms with van der Waals surface area (Å²) >= 11 is 1.84. The van der Waals surface area contributed by atoms with Crippen LogP contribution in [0.1, 0.15) is 64.0 Å². The van der Waals surface area contributed by atoms with E-state index in [-0.39, 0.29) is 4.75 Å². The second-order valence-corrected chi connectivity index (χ2v) is 7.65. The van der Waals surface area contributed by atoms with E-state index in [9.17, 15) is 0 Å². The van der Waals surface area contributed by atoms with Crippen molar-refractivity contribution in [2.75, 3.05) is 5.73 Å². The molecule has 2 rings (SSSR count). The zero-order chi connectivity index (χ0) is 13.2. The van der Waals surface area contributed by atoms with Gasteiger partial charge in [0.1, 0.15) is 11.6 Å². The molecule has 100 valence electrons. The molecular formula is C13H22N4S. The molecule has 1 heterocycles. The second kappa shape index (κ2) is 5.43. The van der Waals surface area contributed by atoms with Crippen LogP contribution in [0.2, 0.25) is 0 Å². The predicted octanol–water partition coefficient (Wildman–Crippen LogP) is 3.14. The van der Waals surface area contributed by atoms with E-state index in [2.05, 4.69) is 35.7 Å². The van der Waals surface area contributed by atoms with E-state index < -0.39 is 0 Å². The van der Waals surface area contributed by atoms with Crippen molar-refractivity contribution in [1.82, 2.24) is 15.0 Å². The van der Waals surface area contributed by atoms with Crippen molar-refractivity contribution < 1.29 is 0 Å². The van der Waals surface area contributed by atoms with E-state index >= 15 is 0 Å². The van der Waals surface area contributed by atoms with Gasteiger partial charge in [-0.2, -0.15) is 9.97 Å². The molecule has 0 aromatic carbocycles. The van der Waals surface area contributed by atoms with Gasteiger partial charge in [0, 0.05) is 10.7 Å². The number of hydrogen-bond acceptors (Lipinski definition) is 5. The Bertz CT molecular complexity index is 408. The summed E-state index contributed by atoms with van der Waals surface area (Å²) in [6.45, 7) is 6.58. The largest absolute Gasteiger partial charge is 0.368 e. The van der Waals surface area contributed by atoms with Crippen LogP contribution in [0, 0.1) is 0 Å². The van der Waals surface area contributed by atoms with Gasteiger partial charge in [0.2, 0.25) is 5.95 Å². The van der Waals surface area contributed by atoms with Crippen molar-refractivity contribution in [3.8, 4) is 0 Å². The molecule has 1 aliphatic rings. The third-order valence-corrected chi connectivity index (χ3v) is 4.34. The van der Waals surface area contributed by atoms with Gasteiger partial charge < -0.3 is 5.73 Å². The standard InChI is InChI=1S/C13H22N4S/c1-13(2,3)18-8-10-15-11(17-12(14)16-10)9-6-4-5-7-9/h9H,4-8H2,1-3H3,(H2,14,15,16,17). The van der Waals surface area contributed by atoms with Crippen LogP contribution in [0.15, 0.2) is 0 Å². The highest BCUT2D eigenvalue weighted by Gasteiger charge is 2.21. The number of hydrogen-bond donors (Lipinski definition) is 1. The molecule has 0 bridgehead atoms. The molecule has 18 heavy (non-hydrogen) atoms. The number of thioether (sulfide) groups is 1. The molecule has 0 radical (unpaired) electrons. The van der Waals surface area contributed by atoms with Gasteiger partial charge in [0.05, 0.1) is 5.75 Å². The summed E-state index contributed by atoms with van der Waals surface area (Å²) in [6.07, 6.45) is 4.94. The highest BCUT2D eigenvalue weighted by molar-refractivity contribution is 7.99. The Kier molecular flexibility index (Phi) is 4.10. The quantitative estimate of drug-likeness (QED) is 0.910. The third-order valence-electron chi connectivity index (χ3n) is 3.07. The predicted molar refractivity (Wildman–Crippen MR) is 76.5 cm³/mol. The normalized spacial score (nSPS) is 17.3. The average Bonchev–Trinajstić information content (AvgIpc) is 2.78. The van der Waals surface area contributed by atoms with Crippen molar-refractivity contribution in [3.05, 3.63) is 11.6 Å². The van der Waals surface area contributed by atoms with Crippen molar-refractivity contribution in [1.29, 1.82) is 0 Å². The lowest BCUT2D eigenvalue weighted by Gasteiger charge is -2.17. The molecule has 4 nitrogen and oxygen atoms in total. The van der Waals surface area contributed by atoms with Gasteiger partial charge in [-0.3, -0.25) is 0 Å². The molecule has 1 aromatic rings. The smallest absolute Gasteiger partial charge is 0.223 e. The number of aromatic nitrogens is 3. The van der Waals surface area contributed by atoms with Crippen molar-refractivity contribution in [2.24, 2.45) is 0 Å². The summed E-state index contributed by atoms with van der Waals surface area (Å²) in [5.41, 5.74) is 5.79. The first kappa shape index (κ1) is 13.6. The number of anilines is 1. The number of rotatable bonds is 3. The minimum Gasteiger partial charge on any atom is -0.368 e. The molecule has 0 amide bonds. The fourth-order valence-corrected chi connectivity index (χ4v) is 2.86. The Morgan fingerprint density at radius 1 is 1.17 bits per heavy atom. The maximum absolute atomic E-state index is 5.79. The Morgan fingerprint density at radius 2 is 1.83 bits per heavy atom. The molecule has 5 heteroatoms. The molecule has 1 saturated carbocycles. The van der Waals surface area contributed by atoms with Gasteiger partial charge in [-0.05, 0) is 12.8 Å². The topological polar surface area (TPSA) is 64.7 Å². The molecule has 1 fully saturated rings. The van der Waals surface area contributed by atoms with Crippen LogP contribution >= 0.6 is 11.8 Å². The molecule has 2 N–H and O–H groups in total. The van der Waals surface area contributed by atoms with Crippen LogP contribution in [0.25, 0.3) is 0 Å². The van der Waals surface area contributed by atoms with E-state index in [1.165, 1.54) is 25.7 Å². The van der Waals surface area contributed by atoms with Crippen LogP contribution in [0.5, 0.6) is 0 Å². The monoisotopic (exact) mass is 266 g/mol. The van der Waals surface area contributed by atoms with E-state index in [1.807, 2.05) is 11.8 Å². The second-order valence-electron chi connectivity index (χ2n) is 5.85. The lowest BCUT2D eigenvalue weighted by atomic mass is 10.1. The minimum atomic E-state index is 0.217. The lowest BCUT2D eigenvalue weighted by molar-refractivity contribution is 0.656. The summed E-state index contributed by atoms with van der Waals surface area (Å²) in [7, 11) is 0. The highest BCUT2D eigenvalue weighted by Crippen LogP contribution is 2.33. The number of nitrogens with zero attached hydrogens (tertiary/aromatic N) is 3. The SMILES string of the molecule is CC(C)(C)SCc1nc(N)nc(C2CCCC2)n1. The Morgan fingerprint density at radius 3 is 2.44 bits per heavy atom. The molecular weight excluding hydrogens is 244 g/mol. The molecule has 0 saturated heterocycles. The van der Waals surface area contributed by atoms with Crippen LogP contribution in [-0.4, -0.2) is 19.7 Å². The maximum Gasteiger partial charge on any atom is 0.223 e. The molecule has 1 aromatic heterocycles. The molecule has 0 atom stereocenters. The Labute approximate surface area is 113 Å². The first-order chi connectivity index (χ1) is 8.44. The fourth-order valence-electron chi connectivity index (χ4n) is 2.17. The van der Waals surface area contributed by atoms with Gasteiger partial charge >= 0.3 is 0 Å². The zero-order valence-corrected chi connectivity index (χ0v) is 12.3. The summed E-state index contributed by atoms with van der Waals surface area (Å²) in [4.78, 5) is 13.1. The first-order valence-corrected chi connectivity index (χ1v) is 7.57. The summed E-state index contributed by atoms with van der Waals surface area (Å²) in [5, 5.41) is 0.